The van der Waals surface area contributed by atoms with Crippen molar-refractivity contribution in [2.45, 2.75) is 24.7 Å². The second-order valence-corrected chi connectivity index (χ2v) is 15.7. The van der Waals surface area contributed by atoms with Crippen LogP contribution in [0, 0.1) is 0 Å². The molecule has 260 valence electrons. The zero-order valence-corrected chi connectivity index (χ0v) is 31.0. The largest absolute Gasteiger partial charge is 0.310 e. The highest BCUT2D eigenvalue weighted by molar-refractivity contribution is 6.08. The SMILES string of the molecule is CC1(C)c2ccccc2-c2cc(N(c3ccc4c(c3)C(c3ccccc3)(c3ccccc3)c3ccccc3-4)c3ccc4c(ccc5ccccc54)c3)ccc21. The zero-order valence-electron chi connectivity index (χ0n) is 31.0. The van der Waals surface area contributed by atoms with Gasteiger partial charge in [-0.3, -0.25) is 0 Å². The number of anilines is 3. The molecule has 0 heterocycles. The van der Waals surface area contributed by atoms with Crippen LogP contribution in [0.15, 0.2) is 200 Å². The minimum atomic E-state index is -0.487. The van der Waals surface area contributed by atoms with Crippen LogP contribution in [-0.2, 0) is 10.8 Å². The van der Waals surface area contributed by atoms with Crippen LogP contribution in [0.3, 0.4) is 0 Å². The highest BCUT2D eigenvalue weighted by Gasteiger charge is 2.46. The van der Waals surface area contributed by atoms with Crippen LogP contribution >= 0.6 is 0 Å². The summed E-state index contributed by atoms with van der Waals surface area (Å²) < 4.78 is 0. The Morgan fingerprint density at radius 2 is 0.836 bits per heavy atom. The molecule has 9 aromatic rings. The fourth-order valence-corrected chi connectivity index (χ4v) is 10.0. The van der Waals surface area contributed by atoms with Crippen molar-refractivity contribution < 1.29 is 0 Å². The number of hydrogen-bond donors (Lipinski definition) is 0. The molecule has 0 aliphatic heterocycles. The summed E-state index contributed by atoms with van der Waals surface area (Å²) >= 11 is 0. The summed E-state index contributed by atoms with van der Waals surface area (Å²) in [7, 11) is 0. The fraction of sp³-hybridized carbons (Fsp3) is 0.0741. The molecule has 0 bridgehead atoms. The van der Waals surface area contributed by atoms with Crippen LogP contribution < -0.4 is 4.90 Å². The van der Waals surface area contributed by atoms with Crippen LogP contribution in [-0.4, -0.2) is 0 Å². The van der Waals surface area contributed by atoms with Gasteiger partial charge in [0.2, 0.25) is 0 Å². The van der Waals surface area contributed by atoms with Crippen LogP contribution in [0.25, 0.3) is 43.8 Å². The highest BCUT2D eigenvalue weighted by Crippen LogP contribution is 2.58. The number of nitrogens with zero attached hydrogens (tertiary/aromatic N) is 1. The van der Waals surface area contributed by atoms with Crippen LogP contribution in [0.4, 0.5) is 17.1 Å². The second kappa shape index (κ2) is 11.9. The number of fused-ring (bicyclic) bond motifs is 9. The van der Waals surface area contributed by atoms with Gasteiger partial charge in [-0.05, 0) is 114 Å². The first-order valence-electron chi connectivity index (χ1n) is 19.3. The van der Waals surface area contributed by atoms with E-state index in [-0.39, 0.29) is 5.41 Å². The second-order valence-electron chi connectivity index (χ2n) is 15.7. The van der Waals surface area contributed by atoms with Crippen LogP contribution in [0.1, 0.15) is 47.2 Å². The zero-order chi connectivity index (χ0) is 36.7. The van der Waals surface area contributed by atoms with Gasteiger partial charge >= 0.3 is 0 Å². The van der Waals surface area contributed by atoms with Gasteiger partial charge in [0.05, 0.1) is 5.41 Å². The van der Waals surface area contributed by atoms with Crippen molar-refractivity contribution in [3.05, 3.63) is 234 Å². The summed E-state index contributed by atoms with van der Waals surface area (Å²) in [6.07, 6.45) is 0. The average molecular weight is 702 g/mol. The highest BCUT2D eigenvalue weighted by atomic mass is 15.1. The summed E-state index contributed by atoms with van der Waals surface area (Å²) in [6, 6.07) is 74.6. The van der Waals surface area contributed by atoms with Crippen molar-refractivity contribution >= 4 is 38.6 Å². The van der Waals surface area contributed by atoms with Gasteiger partial charge in [0, 0.05) is 22.5 Å². The van der Waals surface area contributed by atoms with Gasteiger partial charge in [0.1, 0.15) is 0 Å². The molecule has 0 fully saturated rings. The maximum absolute atomic E-state index is 2.48. The Bertz CT molecular complexity index is 2920. The Labute approximate surface area is 322 Å². The predicted molar refractivity (Wildman–Crippen MR) is 231 cm³/mol. The van der Waals surface area contributed by atoms with E-state index in [4.69, 9.17) is 0 Å². The van der Waals surface area contributed by atoms with Gasteiger partial charge in [-0.25, -0.2) is 0 Å². The standard InChI is InChI=1S/C54H39N/c1-53(2)49-23-13-11-22-46(49)48-34-41(29-32-50(48)53)55(40-27-30-44-37(33-40)26-25-36-15-9-10-20-43(36)44)42-28-31-47-45-21-12-14-24-51(45)54(52(47)35-42,38-16-5-3-6-17-38)39-18-7-4-8-19-39/h3-35H,1-2H3. The predicted octanol–water partition coefficient (Wildman–Crippen LogP) is 14.1. The molecule has 11 rings (SSSR count). The minimum absolute atomic E-state index is 0.0659. The van der Waals surface area contributed by atoms with E-state index < -0.39 is 5.41 Å². The molecule has 0 amide bonds. The van der Waals surface area contributed by atoms with Gasteiger partial charge in [-0.1, -0.05) is 178 Å². The molecule has 0 saturated carbocycles. The van der Waals surface area contributed by atoms with Crippen LogP contribution in [0.2, 0.25) is 0 Å². The van der Waals surface area contributed by atoms with E-state index in [0.29, 0.717) is 0 Å². The molecular formula is C54H39N. The van der Waals surface area contributed by atoms with Gasteiger partial charge in [-0.2, -0.15) is 0 Å². The fourth-order valence-electron chi connectivity index (χ4n) is 10.0. The molecule has 0 atom stereocenters. The van der Waals surface area contributed by atoms with E-state index in [1.165, 1.54) is 77.2 Å². The molecule has 2 aliphatic carbocycles. The lowest BCUT2D eigenvalue weighted by Crippen LogP contribution is -2.28. The van der Waals surface area contributed by atoms with Crippen molar-refractivity contribution in [1.29, 1.82) is 0 Å². The first-order valence-corrected chi connectivity index (χ1v) is 19.3. The molecule has 2 aliphatic rings. The molecule has 55 heavy (non-hydrogen) atoms. The molecule has 0 unspecified atom stereocenters. The first kappa shape index (κ1) is 31.8. The molecule has 0 aromatic heterocycles. The maximum Gasteiger partial charge on any atom is 0.0714 e. The third-order valence-electron chi connectivity index (χ3n) is 12.5. The van der Waals surface area contributed by atoms with E-state index in [9.17, 15) is 0 Å². The molecule has 1 nitrogen and oxygen atoms in total. The molecule has 0 radical (unpaired) electrons. The topological polar surface area (TPSA) is 3.24 Å². The number of hydrogen-bond acceptors (Lipinski definition) is 1. The van der Waals surface area contributed by atoms with Gasteiger partial charge in [-0.15, -0.1) is 0 Å². The van der Waals surface area contributed by atoms with Gasteiger partial charge in [0.25, 0.3) is 0 Å². The quantitative estimate of drug-likeness (QED) is 0.162. The third-order valence-corrected chi connectivity index (χ3v) is 12.5. The van der Waals surface area contributed by atoms with Crippen LogP contribution in [0.5, 0.6) is 0 Å². The Morgan fingerprint density at radius 3 is 1.60 bits per heavy atom. The van der Waals surface area contributed by atoms with Crippen molar-refractivity contribution in [2.24, 2.45) is 0 Å². The molecular weight excluding hydrogens is 663 g/mol. The molecule has 0 spiro atoms. The van der Waals surface area contributed by atoms with E-state index in [1.54, 1.807) is 0 Å². The molecule has 0 saturated heterocycles. The van der Waals surface area contributed by atoms with Crippen molar-refractivity contribution in [1.82, 2.24) is 0 Å². The lowest BCUT2D eigenvalue weighted by Gasteiger charge is -2.35. The Morgan fingerprint density at radius 1 is 0.327 bits per heavy atom. The average Bonchev–Trinajstić information content (AvgIpc) is 3.66. The van der Waals surface area contributed by atoms with E-state index in [1.807, 2.05) is 0 Å². The molecule has 1 heteroatoms. The molecule has 9 aromatic carbocycles. The normalized spacial score (nSPS) is 14.3. The van der Waals surface area contributed by atoms with Crippen molar-refractivity contribution in [3.63, 3.8) is 0 Å². The van der Waals surface area contributed by atoms with Crippen molar-refractivity contribution in [3.8, 4) is 22.3 Å². The van der Waals surface area contributed by atoms with Gasteiger partial charge < -0.3 is 4.90 Å². The van der Waals surface area contributed by atoms with E-state index in [0.717, 1.165) is 17.1 Å². The monoisotopic (exact) mass is 701 g/mol. The Kier molecular flexibility index (Phi) is 6.88. The summed E-state index contributed by atoms with van der Waals surface area (Å²) in [5.41, 5.74) is 16.0. The summed E-state index contributed by atoms with van der Waals surface area (Å²) in [4.78, 5) is 2.48. The summed E-state index contributed by atoms with van der Waals surface area (Å²) in [6.45, 7) is 4.71. The lowest BCUT2D eigenvalue weighted by atomic mass is 9.67. The smallest absolute Gasteiger partial charge is 0.0714 e. The molecule has 0 N–H and O–H groups in total. The number of rotatable bonds is 5. The summed E-state index contributed by atoms with van der Waals surface area (Å²) in [5, 5.41) is 5.03. The summed E-state index contributed by atoms with van der Waals surface area (Å²) in [5.74, 6) is 0. The van der Waals surface area contributed by atoms with E-state index in [2.05, 4.69) is 219 Å². The Hall–Kier alpha value is -6.70. The third kappa shape index (κ3) is 4.53. The minimum Gasteiger partial charge on any atom is -0.310 e. The van der Waals surface area contributed by atoms with Crippen molar-refractivity contribution in [2.75, 3.05) is 4.90 Å². The number of benzene rings is 9. The lowest BCUT2D eigenvalue weighted by molar-refractivity contribution is 0.660. The first-order chi connectivity index (χ1) is 27.0. The Balaban J connectivity index is 1.19. The van der Waals surface area contributed by atoms with E-state index >= 15 is 0 Å². The van der Waals surface area contributed by atoms with Gasteiger partial charge in [0.15, 0.2) is 0 Å². The maximum atomic E-state index is 2.48.